The van der Waals surface area contributed by atoms with Crippen molar-refractivity contribution in [3.05, 3.63) is 29.8 Å². The molecule has 0 aromatic heterocycles. The van der Waals surface area contributed by atoms with Crippen molar-refractivity contribution in [3.8, 4) is 5.75 Å². The van der Waals surface area contributed by atoms with Gasteiger partial charge in [-0.3, -0.25) is 4.79 Å². The molecule has 1 aromatic rings. The summed E-state index contributed by atoms with van der Waals surface area (Å²) in [5, 5.41) is 12.4. The van der Waals surface area contributed by atoms with E-state index in [9.17, 15) is 14.7 Å². The van der Waals surface area contributed by atoms with Gasteiger partial charge in [0.25, 0.3) is 0 Å². The molecular formula is C24H39NO4. The summed E-state index contributed by atoms with van der Waals surface area (Å²) in [4.78, 5) is 25.2. The van der Waals surface area contributed by atoms with E-state index in [0.29, 0.717) is 6.42 Å². The normalized spacial score (nSPS) is 12.0. The maximum atomic E-state index is 13.0. The van der Waals surface area contributed by atoms with Crippen LogP contribution in [0.2, 0.25) is 0 Å². The number of carbonyl (C=O) groups is 2. The number of hydrogen-bond acceptors (Lipinski definition) is 4. The number of phenolic OH excluding ortho intramolecular Hbond substituents is 1. The van der Waals surface area contributed by atoms with E-state index in [1.807, 2.05) is 0 Å². The Balaban J connectivity index is 2.74. The van der Waals surface area contributed by atoms with Crippen LogP contribution in [0.5, 0.6) is 5.75 Å². The summed E-state index contributed by atoms with van der Waals surface area (Å²) in [6.45, 7) is 4.36. The summed E-state index contributed by atoms with van der Waals surface area (Å²) in [5.41, 5.74) is 0.862. The van der Waals surface area contributed by atoms with Crippen molar-refractivity contribution in [2.45, 2.75) is 90.5 Å². The van der Waals surface area contributed by atoms with Crippen molar-refractivity contribution in [2.75, 3.05) is 7.11 Å². The molecule has 0 saturated heterocycles. The van der Waals surface area contributed by atoms with Gasteiger partial charge in [0, 0.05) is 12.3 Å². The summed E-state index contributed by atoms with van der Waals surface area (Å²) in [6, 6.07) is 5.95. The molecule has 1 rings (SSSR count). The van der Waals surface area contributed by atoms with Crippen LogP contribution in [0.1, 0.15) is 83.6 Å². The van der Waals surface area contributed by atoms with Gasteiger partial charge in [0.05, 0.1) is 7.11 Å². The molecule has 0 spiro atoms. The fourth-order valence-corrected chi connectivity index (χ4v) is 3.53. The summed E-state index contributed by atoms with van der Waals surface area (Å²) < 4.78 is 4.91. The third kappa shape index (κ3) is 10.3. The molecule has 1 aromatic carbocycles. The first-order chi connectivity index (χ1) is 14.0. The van der Waals surface area contributed by atoms with Gasteiger partial charge in [-0.05, 0) is 30.5 Å². The number of nitrogens with one attached hydrogen (secondary N) is 1. The predicted molar refractivity (Wildman–Crippen MR) is 117 cm³/mol. The van der Waals surface area contributed by atoms with Crippen molar-refractivity contribution in [3.63, 3.8) is 0 Å². The van der Waals surface area contributed by atoms with Crippen LogP contribution in [-0.2, 0) is 20.7 Å². The van der Waals surface area contributed by atoms with Crippen LogP contribution in [0.4, 0.5) is 0 Å². The molecule has 0 aliphatic carbocycles. The molecule has 0 unspecified atom stereocenters. The largest absolute Gasteiger partial charge is 0.508 e. The fourth-order valence-electron chi connectivity index (χ4n) is 3.53. The van der Waals surface area contributed by atoms with Gasteiger partial charge < -0.3 is 15.2 Å². The van der Waals surface area contributed by atoms with Gasteiger partial charge in [0.15, 0.2) is 0 Å². The number of amides is 1. The van der Waals surface area contributed by atoms with E-state index in [0.717, 1.165) is 44.1 Å². The van der Waals surface area contributed by atoms with Crippen molar-refractivity contribution in [1.29, 1.82) is 0 Å². The van der Waals surface area contributed by atoms with Crippen molar-refractivity contribution in [2.24, 2.45) is 5.92 Å². The highest BCUT2D eigenvalue weighted by atomic mass is 16.5. The standard InChI is InChI=1S/C24H39NO4/c1-4-6-8-10-12-20(13-11-9-7-5-2)23(27)25-22(24(28)29-3)18-19-14-16-21(26)17-15-19/h14-17,20,22,26H,4-13,18H2,1-3H3,(H,25,27)/t22-/m0/s1. The summed E-state index contributed by atoms with van der Waals surface area (Å²) in [6.07, 6.45) is 11.2. The van der Waals surface area contributed by atoms with Crippen LogP contribution >= 0.6 is 0 Å². The third-order valence-electron chi connectivity index (χ3n) is 5.36. The average Bonchev–Trinajstić information content (AvgIpc) is 2.73. The quantitative estimate of drug-likeness (QED) is 0.312. The Morgan fingerprint density at radius 3 is 1.97 bits per heavy atom. The SMILES string of the molecule is CCCCCCC(CCCCCC)C(=O)N[C@@H](Cc1ccc(O)cc1)C(=O)OC. The van der Waals surface area contributed by atoms with E-state index < -0.39 is 12.0 Å². The fraction of sp³-hybridized carbons (Fsp3) is 0.667. The van der Waals surface area contributed by atoms with Crippen LogP contribution in [0, 0.1) is 5.92 Å². The van der Waals surface area contributed by atoms with Gasteiger partial charge >= 0.3 is 5.97 Å². The molecule has 0 aliphatic heterocycles. The number of esters is 1. The molecule has 0 aliphatic rings. The molecule has 1 atom stereocenters. The molecule has 164 valence electrons. The number of phenols is 1. The van der Waals surface area contributed by atoms with Crippen LogP contribution in [0.25, 0.3) is 0 Å². The highest BCUT2D eigenvalue weighted by molar-refractivity contribution is 5.85. The average molecular weight is 406 g/mol. The Kier molecular flexibility index (Phi) is 12.8. The van der Waals surface area contributed by atoms with Crippen molar-refractivity contribution in [1.82, 2.24) is 5.32 Å². The number of aromatic hydroxyl groups is 1. The van der Waals surface area contributed by atoms with Gasteiger partial charge in [-0.1, -0.05) is 77.3 Å². The van der Waals surface area contributed by atoms with Crippen molar-refractivity contribution >= 4 is 11.9 Å². The second-order valence-corrected chi connectivity index (χ2v) is 7.85. The molecule has 0 saturated carbocycles. The molecule has 29 heavy (non-hydrogen) atoms. The first-order valence-electron chi connectivity index (χ1n) is 11.2. The summed E-state index contributed by atoms with van der Waals surface area (Å²) in [5.74, 6) is -0.378. The number of methoxy groups -OCH3 is 1. The smallest absolute Gasteiger partial charge is 0.328 e. The van der Waals surface area contributed by atoms with Crippen LogP contribution in [0.3, 0.4) is 0 Å². The lowest BCUT2D eigenvalue weighted by molar-refractivity contribution is -0.145. The maximum Gasteiger partial charge on any atom is 0.328 e. The number of hydrogen-bond donors (Lipinski definition) is 2. The van der Waals surface area contributed by atoms with Gasteiger partial charge in [0.1, 0.15) is 11.8 Å². The minimum Gasteiger partial charge on any atom is -0.508 e. The monoisotopic (exact) mass is 405 g/mol. The second kappa shape index (κ2) is 14.9. The molecule has 0 fully saturated rings. The molecule has 0 heterocycles. The highest BCUT2D eigenvalue weighted by Crippen LogP contribution is 2.20. The van der Waals surface area contributed by atoms with E-state index in [2.05, 4.69) is 19.2 Å². The summed E-state index contributed by atoms with van der Waals surface area (Å²) >= 11 is 0. The second-order valence-electron chi connectivity index (χ2n) is 7.85. The molecule has 0 radical (unpaired) electrons. The van der Waals surface area contributed by atoms with Crippen LogP contribution in [0.15, 0.2) is 24.3 Å². The molecule has 0 bridgehead atoms. The summed E-state index contributed by atoms with van der Waals surface area (Å²) in [7, 11) is 1.34. The Morgan fingerprint density at radius 2 is 1.48 bits per heavy atom. The maximum absolute atomic E-state index is 13.0. The van der Waals surface area contributed by atoms with E-state index in [1.54, 1.807) is 24.3 Å². The molecule has 1 amide bonds. The van der Waals surface area contributed by atoms with Gasteiger partial charge in [-0.2, -0.15) is 0 Å². The number of unbranched alkanes of at least 4 members (excludes halogenated alkanes) is 6. The predicted octanol–water partition coefficient (Wildman–Crippen LogP) is 5.15. The van der Waals surface area contributed by atoms with E-state index >= 15 is 0 Å². The molecule has 2 N–H and O–H groups in total. The zero-order valence-electron chi connectivity index (χ0n) is 18.4. The molecule has 5 nitrogen and oxygen atoms in total. The lowest BCUT2D eigenvalue weighted by Crippen LogP contribution is -2.45. The lowest BCUT2D eigenvalue weighted by Gasteiger charge is -2.22. The first kappa shape index (κ1) is 25.0. The topological polar surface area (TPSA) is 75.6 Å². The van der Waals surface area contributed by atoms with Crippen LogP contribution < -0.4 is 5.32 Å². The minimum atomic E-state index is -0.717. The Labute approximate surface area is 176 Å². The Hall–Kier alpha value is -2.04. The first-order valence-corrected chi connectivity index (χ1v) is 11.2. The molecular weight excluding hydrogens is 366 g/mol. The van der Waals surface area contributed by atoms with E-state index in [4.69, 9.17) is 4.74 Å². The molecule has 5 heteroatoms. The van der Waals surface area contributed by atoms with Gasteiger partial charge in [-0.15, -0.1) is 0 Å². The Bertz CT molecular complexity index is 573. The zero-order valence-corrected chi connectivity index (χ0v) is 18.4. The van der Waals surface area contributed by atoms with E-state index in [-0.39, 0.29) is 17.6 Å². The Morgan fingerprint density at radius 1 is 0.931 bits per heavy atom. The lowest BCUT2D eigenvalue weighted by atomic mass is 9.93. The highest BCUT2D eigenvalue weighted by Gasteiger charge is 2.26. The van der Waals surface area contributed by atoms with Gasteiger partial charge in [-0.25, -0.2) is 4.79 Å². The van der Waals surface area contributed by atoms with E-state index in [1.165, 1.54) is 32.8 Å². The number of ether oxygens (including phenoxy) is 1. The third-order valence-corrected chi connectivity index (χ3v) is 5.36. The van der Waals surface area contributed by atoms with Crippen LogP contribution in [-0.4, -0.2) is 30.1 Å². The van der Waals surface area contributed by atoms with Gasteiger partial charge in [0.2, 0.25) is 5.91 Å². The number of carbonyl (C=O) groups excluding carboxylic acids is 2. The minimum absolute atomic E-state index is 0.0489. The number of rotatable bonds is 15. The van der Waals surface area contributed by atoms with Crippen molar-refractivity contribution < 1.29 is 19.4 Å². The zero-order chi connectivity index (χ0) is 21.5. The number of benzene rings is 1.